The van der Waals surface area contributed by atoms with Crippen LogP contribution in [0.1, 0.15) is 54.4 Å². The third kappa shape index (κ3) is 4.43. The third-order valence-electron chi connectivity index (χ3n) is 7.67. The lowest BCUT2D eigenvalue weighted by molar-refractivity contribution is -0.141. The summed E-state index contributed by atoms with van der Waals surface area (Å²) in [5, 5.41) is 0. The van der Waals surface area contributed by atoms with Crippen molar-refractivity contribution in [2.45, 2.75) is 57.8 Å². The number of benzene rings is 1. The highest BCUT2D eigenvalue weighted by Crippen LogP contribution is 2.38. The number of aryl methyl sites for hydroxylation is 2. The minimum atomic E-state index is -0.448. The van der Waals surface area contributed by atoms with Crippen molar-refractivity contribution in [2.75, 3.05) is 26.3 Å². The van der Waals surface area contributed by atoms with E-state index in [1.165, 1.54) is 22.3 Å². The van der Waals surface area contributed by atoms with E-state index in [9.17, 15) is 4.79 Å². The summed E-state index contributed by atoms with van der Waals surface area (Å²) in [4.78, 5) is 20.8. The second kappa shape index (κ2) is 9.30. The first-order valence-electron chi connectivity index (χ1n) is 12.4. The van der Waals surface area contributed by atoms with E-state index in [1.54, 1.807) is 0 Å². The van der Waals surface area contributed by atoms with Crippen LogP contribution in [0, 0.1) is 19.8 Å². The van der Waals surface area contributed by atoms with Crippen LogP contribution in [0.15, 0.2) is 48.9 Å². The Balaban J connectivity index is 1.34. The Morgan fingerprint density at radius 3 is 2.67 bits per heavy atom. The van der Waals surface area contributed by atoms with E-state index < -0.39 is 5.41 Å². The van der Waals surface area contributed by atoms with Gasteiger partial charge in [-0.1, -0.05) is 35.4 Å². The number of carbonyl (C=O) groups is 1. The number of hydrogen-bond donors (Lipinski definition) is 0. The van der Waals surface area contributed by atoms with E-state index in [4.69, 9.17) is 4.74 Å². The highest BCUT2D eigenvalue weighted by Gasteiger charge is 2.44. The second-order valence-corrected chi connectivity index (χ2v) is 10.1. The number of likely N-dealkylation sites (tertiary alicyclic amines) is 1. The van der Waals surface area contributed by atoms with Gasteiger partial charge in [0.25, 0.3) is 0 Å². The summed E-state index contributed by atoms with van der Waals surface area (Å²) in [5.74, 6) is 0.893. The Morgan fingerprint density at radius 2 is 1.88 bits per heavy atom. The molecule has 2 aliphatic rings. The number of carbonyl (C=O) groups excluding carboxylic acids is 1. The van der Waals surface area contributed by atoms with Crippen LogP contribution >= 0.6 is 0 Å². The van der Waals surface area contributed by atoms with Crippen LogP contribution < -0.4 is 0 Å². The molecule has 174 valence electrons. The first-order valence-corrected chi connectivity index (χ1v) is 12.4. The second-order valence-electron chi connectivity index (χ2n) is 10.1. The molecule has 5 nitrogen and oxygen atoms in total. The molecular weight excluding hydrogens is 410 g/mol. The summed E-state index contributed by atoms with van der Waals surface area (Å²) in [6.45, 7) is 7.27. The molecule has 4 heterocycles. The highest BCUT2D eigenvalue weighted by atomic mass is 16.5. The number of pyridine rings is 1. The minimum absolute atomic E-state index is 0.312. The van der Waals surface area contributed by atoms with Gasteiger partial charge in [-0.2, -0.15) is 0 Å². The predicted octanol–water partition coefficient (Wildman–Crippen LogP) is 4.87. The molecule has 5 heteroatoms. The molecule has 0 radical (unpaired) electrons. The zero-order chi connectivity index (χ0) is 22.8. The molecule has 1 atom stereocenters. The Labute approximate surface area is 196 Å². The maximum atomic E-state index is 14.1. The van der Waals surface area contributed by atoms with Crippen LogP contribution in [0.2, 0.25) is 0 Å². The van der Waals surface area contributed by atoms with Crippen molar-refractivity contribution in [1.82, 2.24) is 14.3 Å². The lowest BCUT2D eigenvalue weighted by atomic mass is 9.72. The number of fused-ring (bicyclic) bond motifs is 1. The molecule has 2 aromatic heterocycles. The number of rotatable bonds is 4. The van der Waals surface area contributed by atoms with Gasteiger partial charge in [0.05, 0.1) is 5.41 Å². The molecule has 2 fully saturated rings. The van der Waals surface area contributed by atoms with Crippen molar-refractivity contribution >= 4 is 11.6 Å². The number of imidazole rings is 1. The molecule has 2 saturated heterocycles. The zero-order valence-corrected chi connectivity index (χ0v) is 19.9. The van der Waals surface area contributed by atoms with Gasteiger partial charge in [0.2, 0.25) is 5.91 Å². The fourth-order valence-electron chi connectivity index (χ4n) is 5.95. The van der Waals surface area contributed by atoms with Crippen LogP contribution in [0.25, 0.3) is 5.65 Å². The van der Waals surface area contributed by atoms with Crippen LogP contribution in [0.3, 0.4) is 0 Å². The summed E-state index contributed by atoms with van der Waals surface area (Å²) in [7, 11) is 0. The summed E-state index contributed by atoms with van der Waals surface area (Å²) in [6.07, 6.45) is 11.8. The highest BCUT2D eigenvalue weighted by molar-refractivity contribution is 5.88. The first kappa shape index (κ1) is 22.1. The smallest absolute Gasteiger partial charge is 0.233 e. The standard InChI is InChI=1S/C28H35N3O2/c1-21-17-22(2)19-25(18-21)28(8-15-33-16-9-28)27(32)31-12-3-5-23(7-13-31)20-24-6-4-11-30-14-10-29-26(24)30/h4,6,10-11,14,17-19,23H,3,5,7-9,12-13,15-16,20H2,1-2H3/t23-/m0/s1. The minimum Gasteiger partial charge on any atom is -0.381 e. The molecule has 0 aliphatic carbocycles. The molecule has 2 aliphatic heterocycles. The molecule has 0 unspecified atom stereocenters. The Morgan fingerprint density at radius 1 is 1.09 bits per heavy atom. The van der Waals surface area contributed by atoms with E-state index in [0.717, 1.165) is 57.3 Å². The van der Waals surface area contributed by atoms with Gasteiger partial charge in [-0.05, 0) is 75.5 Å². The lowest BCUT2D eigenvalue weighted by Gasteiger charge is -2.40. The van der Waals surface area contributed by atoms with E-state index >= 15 is 0 Å². The van der Waals surface area contributed by atoms with Gasteiger partial charge in [-0.25, -0.2) is 4.98 Å². The molecule has 0 N–H and O–H groups in total. The number of hydrogen-bond acceptors (Lipinski definition) is 3. The summed E-state index contributed by atoms with van der Waals surface area (Å²) >= 11 is 0. The van der Waals surface area contributed by atoms with Gasteiger partial charge in [0, 0.05) is 44.9 Å². The summed E-state index contributed by atoms with van der Waals surface area (Å²) in [5.41, 5.74) is 5.56. The molecule has 5 rings (SSSR count). The predicted molar refractivity (Wildman–Crippen MR) is 130 cm³/mol. The van der Waals surface area contributed by atoms with E-state index in [1.807, 2.05) is 12.4 Å². The third-order valence-corrected chi connectivity index (χ3v) is 7.67. The van der Waals surface area contributed by atoms with Gasteiger partial charge in [-0.15, -0.1) is 0 Å². The van der Waals surface area contributed by atoms with Gasteiger partial charge >= 0.3 is 0 Å². The first-order chi connectivity index (χ1) is 16.0. The molecule has 33 heavy (non-hydrogen) atoms. The van der Waals surface area contributed by atoms with Gasteiger partial charge in [-0.3, -0.25) is 4.79 Å². The van der Waals surface area contributed by atoms with E-state index in [2.05, 4.69) is 64.7 Å². The van der Waals surface area contributed by atoms with Crippen LogP contribution in [0.4, 0.5) is 0 Å². The van der Waals surface area contributed by atoms with E-state index in [0.29, 0.717) is 25.0 Å². The fraction of sp³-hybridized carbons (Fsp3) is 0.500. The lowest BCUT2D eigenvalue weighted by Crippen LogP contribution is -2.50. The number of amides is 1. The van der Waals surface area contributed by atoms with Crippen molar-refractivity contribution in [1.29, 1.82) is 0 Å². The van der Waals surface area contributed by atoms with Crippen LogP contribution in [-0.2, 0) is 21.4 Å². The SMILES string of the molecule is Cc1cc(C)cc(C2(C(=O)N3CCC[C@H](Cc4cccn5ccnc45)CC3)CCOCC2)c1. The molecule has 0 spiro atoms. The van der Waals surface area contributed by atoms with Gasteiger partial charge in [0.15, 0.2) is 0 Å². The molecule has 0 saturated carbocycles. The van der Waals surface area contributed by atoms with E-state index in [-0.39, 0.29) is 0 Å². The van der Waals surface area contributed by atoms with Crippen molar-refractivity contribution < 1.29 is 9.53 Å². The van der Waals surface area contributed by atoms with Crippen molar-refractivity contribution in [3.63, 3.8) is 0 Å². The average molecular weight is 446 g/mol. The molecule has 1 aromatic carbocycles. The maximum absolute atomic E-state index is 14.1. The maximum Gasteiger partial charge on any atom is 0.233 e. The topological polar surface area (TPSA) is 46.8 Å². The molecule has 3 aromatic rings. The van der Waals surface area contributed by atoms with Crippen molar-refractivity contribution in [3.8, 4) is 0 Å². The monoisotopic (exact) mass is 445 g/mol. The van der Waals surface area contributed by atoms with Gasteiger partial charge in [0.1, 0.15) is 5.65 Å². The Hall–Kier alpha value is -2.66. The Bertz CT molecular complexity index is 1110. The zero-order valence-electron chi connectivity index (χ0n) is 19.9. The van der Waals surface area contributed by atoms with Crippen molar-refractivity contribution in [2.24, 2.45) is 5.92 Å². The molecule has 0 bridgehead atoms. The fourth-order valence-corrected chi connectivity index (χ4v) is 5.95. The number of nitrogens with zero attached hydrogens (tertiary/aromatic N) is 3. The number of ether oxygens (including phenoxy) is 1. The number of aromatic nitrogens is 2. The van der Waals surface area contributed by atoms with Crippen LogP contribution in [-0.4, -0.2) is 46.5 Å². The summed E-state index contributed by atoms with van der Waals surface area (Å²) in [6, 6.07) is 10.9. The molecule has 1 amide bonds. The largest absolute Gasteiger partial charge is 0.381 e. The normalized spacial score (nSPS) is 21.2. The van der Waals surface area contributed by atoms with Gasteiger partial charge < -0.3 is 14.0 Å². The Kier molecular flexibility index (Phi) is 6.24. The quantitative estimate of drug-likeness (QED) is 0.576. The van der Waals surface area contributed by atoms with Crippen LogP contribution in [0.5, 0.6) is 0 Å². The average Bonchev–Trinajstić information content (AvgIpc) is 3.19. The molecular formula is C28H35N3O2. The summed E-state index contributed by atoms with van der Waals surface area (Å²) < 4.78 is 7.80. The van der Waals surface area contributed by atoms with Crippen molar-refractivity contribution in [3.05, 3.63) is 71.2 Å².